The number of aliphatic hydroxyl groups is 1. The van der Waals surface area contributed by atoms with Crippen molar-refractivity contribution in [2.45, 2.75) is 51.0 Å². The molecule has 0 bridgehead atoms. The molecule has 2 fully saturated rings. The van der Waals surface area contributed by atoms with Crippen molar-refractivity contribution < 1.29 is 5.11 Å². The van der Waals surface area contributed by atoms with E-state index in [0.717, 1.165) is 32.1 Å². The predicted octanol–water partition coefficient (Wildman–Crippen LogP) is 2.48. The molecule has 1 N–H and O–H groups in total. The van der Waals surface area contributed by atoms with E-state index < -0.39 is 5.60 Å². The van der Waals surface area contributed by atoms with E-state index >= 15 is 0 Å². The third kappa shape index (κ3) is 1.66. The molecular weight excluding hydrogens is 174 g/mol. The van der Waals surface area contributed by atoms with Crippen LogP contribution in [0.25, 0.3) is 0 Å². The standard InChI is InChI=1S/C12H19NO/c1-12(14)6-2-3-10-5-4-9(8-13)7-11(10)12/h9-11,14H,2-7H2,1H3. The van der Waals surface area contributed by atoms with Crippen LogP contribution in [0.2, 0.25) is 0 Å². The Balaban J connectivity index is 2.11. The van der Waals surface area contributed by atoms with Crippen molar-refractivity contribution in [2.75, 3.05) is 0 Å². The molecule has 2 nitrogen and oxygen atoms in total. The summed E-state index contributed by atoms with van der Waals surface area (Å²) in [5, 5.41) is 19.2. The summed E-state index contributed by atoms with van der Waals surface area (Å²) < 4.78 is 0. The fourth-order valence-electron chi connectivity index (χ4n) is 3.37. The van der Waals surface area contributed by atoms with Gasteiger partial charge in [0.15, 0.2) is 0 Å². The third-order valence-corrected chi connectivity index (χ3v) is 4.23. The van der Waals surface area contributed by atoms with E-state index in [1.54, 1.807) is 0 Å². The van der Waals surface area contributed by atoms with Gasteiger partial charge in [0, 0.05) is 5.92 Å². The van der Waals surface area contributed by atoms with Crippen LogP contribution in [0, 0.1) is 29.1 Å². The second kappa shape index (κ2) is 3.55. The predicted molar refractivity (Wildman–Crippen MR) is 54.4 cm³/mol. The van der Waals surface area contributed by atoms with Crippen molar-refractivity contribution in [3.63, 3.8) is 0 Å². The lowest BCUT2D eigenvalue weighted by atomic mass is 9.61. The second-order valence-corrected chi connectivity index (χ2v) is 5.26. The highest BCUT2D eigenvalue weighted by Gasteiger charge is 2.43. The molecule has 4 unspecified atom stereocenters. The Labute approximate surface area is 85.9 Å². The summed E-state index contributed by atoms with van der Waals surface area (Å²) in [7, 11) is 0. The van der Waals surface area contributed by atoms with Gasteiger partial charge in [0.25, 0.3) is 0 Å². The van der Waals surface area contributed by atoms with Gasteiger partial charge in [-0.25, -0.2) is 0 Å². The van der Waals surface area contributed by atoms with Gasteiger partial charge in [-0.3, -0.25) is 0 Å². The van der Waals surface area contributed by atoms with Gasteiger partial charge >= 0.3 is 0 Å². The summed E-state index contributed by atoms with van der Waals surface area (Å²) in [4.78, 5) is 0. The first-order valence-electron chi connectivity index (χ1n) is 5.75. The Hall–Kier alpha value is -0.550. The van der Waals surface area contributed by atoms with Crippen LogP contribution in [0.4, 0.5) is 0 Å². The summed E-state index contributed by atoms with van der Waals surface area (Å²) in [6, 6.07) is 2.36. The normalized spacial score (nSPS) is 47.9. The molecule has 78 valence electrons. The molecule has 2 aliphatic rings. The van der Waals surface area contributed by atoms with Gasteiger partial charge in [0.1, 0.15) is 0 Å². The topological polar surface area (TPSA) is 44.0 Å². The van der Waals surface area contributed by atoms with Crippen molar-refractivity contribution in [1.29, 1.82) is 5.26 Å². The first-order chi connectivity index (χ1) is 6.63. The Kier molecular flexibility index (Phi) is 2.53. The second-order valence-electron chi connectivity index (χ2n) is 5.26. The first-order valence-corrected chi connectivity index (χ1v) is 5.75. The van der Waals surface area contributed by atoms with Crippen LogP contribution in [-0.4, -0.2) is 10.7 Å². The molecule has 0 amide bonds. The Morgan fingerprint density at radius 1 is 1.36 bits per heavy atom. The minimum absolute atomic E-state index is 0.195. The molecule has 0 heterocycles. The van der Waals surface area contributed by atoms with Gasteiger partial charge in [-0.05, 0) is 50.9 Å². The minimum atomic E-state index is -0.502. The molecular formula is C12H19NO. The maximum atomic E-state index is 10.3. The zero-order valence-electron chi connectivity index (χ0n) is 8.87. The Bertz CT molecular complexity index is 254. The Morgan fingerprint density at radius 3 is 2.86 bits per heavy atom. The number of nitrogens with zero attached hydrogens (tertiary/aromatic N) is 1. The van der Waals surface area contributed by atoms with Crippen LogP contribution in [-0.2, 0) is 0 Å². The number of hydrogen-bond donors (Lipinski definition) is 1. The molecule has 0 aromatic rings. The van der Waals surface area contributed by atoms with Crippen molar-refractivity contribution in [1.82, 2.24) is 0 Å². The van der Waals surface area contributed by atoms with E-state index in [-0.39, 0.29) is 5.92 Å². The quantitative estimate of drug-likeness (QED) is 0.642. The van der Waals surface area contributed by atoms with Gasteiger partial charge in [-0.1, -0.05) is 6.42 Å². The lowest BCUT2D eigenvalue weighted by Gasteiger charge is -2.46. The maximum Gasteiger partial charge on any atom is 0.0655 e. The van der Waals surface area contributed by atoms with Crippen LogP contribution in [0.1, 0.15) is 45.4 Å². The lowest BCUT2D eigenvalue weighted by molar-refractivity contribution is -0.0792. The highest BCUT2D eigenvalue weighted by Crippen LogP contribution is 2.47. The van der Waals surface area contributed by atoms with Crippen LogP contribution < -0.4 is 0 Å². The van der Waals surface area contributed by atoms with E-state index in [4.69, 9.17) is 5.26 Å². The molecule has 0 aromatic carbocycles. The molecule has 2 saturated carbocycles. The Morgan fingerprint density at radius 2 is 2.14 bits per heavy atom. The largest absolute Gasteiger partial charge is 0.390 e. The zero-order valence-corrected chi connectivity index (χ0v) is 8.87. The van der Waals surface area contributed by atoms with Gasteiger partial charge in [-0.2, -0.15) is 5.26 Å². The van der Waals surface area contributed by atoms with Gasteiger partial charge in [-0.15, -0.1) is 0 Å². The number of nitriles is 1. The summed E-state index contributed by atoms with van der Waals surface area (Å²) in [5.41, 5.74) is -0.502. The molecule has 0 spiro atoms. The maximum absolute atomic E-state index is 10.3. The van der Waals surface area contributed by atoms with E-state index in [1.807, 2.05) is 6.92 Å². The molecule has 0 saturated heterocycles. The highest BCUT2D eigenvalue weighted by molar-refractivity contribution is 4.99. The molecule has 2 aliphatic carbocycles. The molecule has 2 heteroatoms. The van der Waals surface area contributed by atoms with Crippen molar-refractivity contribution in [3.8, 4) is 6.07 Å². The number of hydrogen-bond acceptors (Lipinski definition) is 2. The smallest absolute Gasteiger partial charge is 0.0655 e. The van der Waals surface area contributed by atoms with E-state index in [2.05, 4.69) is 6.07 Å². The SMILES string of the molecule is CC1(O)CCCC2CCC(C#N)CC21. The molecule has 0 radical (unpaired) electrons. The number of fused-ring (bicyclic) bond motifs is 1. The first kappa shape index (κ1) is 9.98. The molecule has 2 rings (SSSR count). The monoisotopic (exact) mass is 193 g/mol. The van der Waals surface area contributed by atoms with E-state index in [0.29, 0.717) is 11.8 Å². The zero-order chi connectivity index (χ0) is 10.2. The van der Waals surface area contributed by atoms with Gasteiger partial charge in [0.2, 0.25) is 0 Å². The van der Waals surface area contributed by atoms with Gasteiger partial charge in [0.05, 0.1) is 11.7 Å². The van der Waals surface area contributed by atoms with E-state index in [1.165, 1.54) is 6.42 Å². The average Bonchev–Trinajstić information content (AvgIpc) is 2.17. The molecule has 0 aliphatic heterocycles. The fourth-order valence-corrected chi connectivity index (χ4v) is 3.37. The van der Waals surface area contributed by atoms with Gasteiger partial charge < -0.3 is 5.11 Å². The fraction of sp³-hybridized carbons (Fsp3) is 0.917. The summed E-state index contributed by atoms with van der Waals surface area (Å²) in [6.07, 6.45) is 6.47. The summed E-state index contributed by atoms with van der Waals surface area (Å²) in [6.45, 7) is 1.96. The minimum Gasteiger partial charge on any atom is -0.390 e. The molecule has 4 atom stereocenters. The molecule has 14 heavy (non-hydrogen) atoms. The van der Waals surface area contributed by atoms with Crippen LogP contribution in [0.3, 0.4) is 0 Å². The van der Waals surface area contributed by atoms with Crippen molar-refractivity contribution >= 4 is 0 Å². The van der Waals surface area contributed by atoms with Crippen molar-refractivity contribution in [3.05, 3.63) is 0 Å². The third-order valence-electron chi connectivity index (χ3n) is 4.23. The number of rotatable bonds is 0. The summed E-state index contributed by atoms with van der Waals surface area (Å²) >= 11 is 0. The van der Waals surface area contributed by atoms with E-state index in [9.17, 15) is 5.11 Å². The van der Waals surface area contributed by atoms with Crippen LogP contribution in [0.5, 0.6) is 0 Å². The lowest BCUT2D eigenvalue weighted by Crippen LogP contribution is -2.45. The highest BCUT2D eigenvalue weighted by atomic mass is 16.3. The summed E-state index contributed by atoms with van der Waals surface area (Å²) in [5.74, 6) is 1.26. The molecule has 0 aromatic heterocycles. The average molecular weight is 193 g/mol. The van der Waals surface area contributed by atoms with Crippen molar-refractivity contribution in [2.24, 2.45) is 17.8 Å². The van der Waals surface area contributed by atoms with Crippen LogP contribution in [0.15, 0.2) is 0 Å². The van der Waals surface area contributed by atoms with Crippen LogP contribution >= 0.6 is 0 Å².